The number of hydrogen-bond acceptors (Lipinski definition) is 3. The van der Waals surface area contributed by atoms with Crippen LogP contribution in [0, 0.1) is 0 Å². The zero-order valence-corrected chi connectivity index (χ0v) is 11.5. The van der Waals surface area contributed by atoms with Gasteiger partial charge in [-0.25, -0.2) is 9.59 Å². The van der Waals surface area contributed by atoms with Crippen molar-refractivity contribution in [1.29, 1.82) is 0 Å². The van der Waals surface area contributed by atoms with Gasteiger partial charge < -0.3 is 20.0 Å². The fraction of sp³-hybridized carbons (Fsp3) is 0.846. The molecule has 0 bridgehead atoms. The minimum Gasteiger partial charge on any atom is -0.480 e. The summed E-state index contributed by atoms with van der Waals surface area (Å²) in [6.07, 6.45) is 2.38. The maximum Gasteiger partial charge on any atom is 0.326 e. The Morgan fingerprint density at radius 3 is 2.26 bits per heavy atom. The molecule has 108 valence electrons. The Labute approximate surface area is 113 Å². The number of aliphatic hydroxyl groups excluding tert-OH is 1. The molecule has 2 rings (SSSR count). The lowest BCUT2D eigenvalue weighted by Crippen LogP contribution is -2.55. The maximum atomic E-state index is 12.6. The molecule has 0 radical (unpaired) electrons. The first-order valence-corrected chi connectivity index (χ1v) is 6.91. The van der Waals surface area contributed by atoms with Gasteiger partial charge in [0.2, 0.25) is 0 Å². The van der Waals surface area contributed by atoms with E-state index in [9.17, 15) is 14.7 Å². The molecular formula is C13H22N2O4. The van der Waals surface area contributed by atoms with Crippen molar-refractivity contribution in [2.75, 3.05) is 6.54 Å². The zero-order chi connectivity index (χ0) is 14.2. The van der Waals surface area contributed by atoms with Crippen LogP contribution in [-0.4, -0.2) is 62.8 Å². The van der Waals surface area contributed by atoms with Crippen molar-refractivity contribution in [2.24, 2.45) is 0 Å². The molecule has 0 aromatic rings. The van der Waals surface area contributed by atoms with E-state index in [0.717, 1.165) is 19.3 Å². The molecule has 0 aromatic carbocycles. The highest BCUT2D eigenvalue weighted by Crippen LogP contribution is 2.27. The summed E-state index contributed by atoms with van der Waals surface area (Å²) in [5.74, 6) is -1.04. The van der Waals surface area contributed by atoms with Crippen molar-refractivity contribution >= 4 is 12.0 Å². The number of aliphatic hydroxyl groups is 1. The van der Waals surface area contributed by atoms with Gasteiger partial charge in [0.05, 0.1) is 6.10 Å². The lowest BCUT2D eigenvalue weighted by atomic mass is 9.98. The maximum absolute atomic E-state index is 12.6. The molecule has 2 saturated heterocycles. The number of aliphatic carboxylic acids is 1. The van der Waals surface area contributed by atoms with Crippen LogP contribution in [0.15, 0.2) is 0 Å². The molecular weight excluding hydrogens is 248 g/mol. The Bertz CT molecular complexity index is 364. The topological polar surface area (TPSA) is 81.1 Å². The van der Waals surface area contributed by atoms with Crippen LogP contribution in [0.25, 0.3) is 0 Å². The van der Waals surface area contributed by atoms with E-state index in [-0.39, 0.29) is 31.1 Å². The fourth-order valence-electron chi connectivity index (χ4n) is 3.21. The number of carbonyl (C=O) groups is 2. The summed E-state index contributed by atoms with van der Waals surface area (Å²) >= 11 is 0. The Morgan fingerprint density at radius 1 is 1.16 bits per heavy atom. The Kier molecular flexibility index (Phi) is 3.99. The van der Waals surface area contributed by atoms with Gasteiger partial charge in [-0.05, 0) is 33.1 Å². The van der Waals surface area contributed by atoms with E-state index in [1.807, 2.05) is 13.8 Å². The van der Waals surface area contributed by atoms with Crippen LogP contribution < -0.4 is 0 Å². The minimum atomic E-state index is -1.04. The predicted octanol–water partition coefficient (Wildman–Crippen LogP) is 0.889. The average molecular weight is 270 g/mol. The first kappa shape index (κ1) is 14.1. The largest absolute Gasteiger partial charge is 0.480 e. The molecule has 6 heteroatoms. The summed E-state index contributed by atoms with van der Waals surface area (Å²) in [5.41, 5.74) is 0. The first-order valence-electron chi connectivity index (χ1n) is 6.91. The molecule has 0 aliphatic carbocycles. The van der Waals surface area contributed by atoms with Crippen LogP contribution in [0.5, 0.6) is 0 Å². The van der Waals surface area contributed by atoms with Gasteiger partial charge in [-0.2, -0.15) is 0 Å². The third-order valence-electron chi connectivity index (χ3n) is 4.22. The quantitative estimate of drug-likeness (QED) is 0.741. The molecule has 0 aromatic heterocycles. The third-order valence-corrected chi connectivity index (χ3v) is 4.22. The highest BCUT2D eigenvalue weighted by molar-refractivity contribution is 5.84. The van der Waals surface area contributed by atoms with Crippen molar-refractivity contribution in [3.05, 3.63) is 0 Å². The number of carboxylic acids is 1. The standard InChI is InChI=1S/C13H22N2O4/c1-8-4-3-5-9(2)15(8)13(19)14-7-10(16)6-11(14)12(17)18/h8-11,16H,3-7H2,1-2H3,(H,17,18)/t8-,9+,10?,11?. The zero-order valence-electron chi connectivity index (χ0n) is 11.5. The number of β-amino-alcohol motifs (C(OH)–C–C–N with tert-alkyl or cyclic N) is 1. The number of rotatable bonds is 1. The number of hydrogen-bond donors (Lipinski definition) is 2. The van der Waals surface area contributed by atoms with E-state index in [1.165, 1.54) is 4.90 Å². The summed E-state index contributed by atoms with van der Waals surface area (Å²) in [6, 6.07) is -0.889. The van der Waals surface area contributed by atoms with Gasteiger partial charge >= 0.3 is 12.0 Å². The number of piperidine rings is 1. The van der Waals surface area contributed by atoms with Crippen molar-refractivity contribution < 1.29 is 19.8 Å². The van der Waals surface area contributed by atoms with Crippen LogP contribution in [0.3, 0.4) is 0 Å². The SMILES string of the molecule is C[C@@H]1CCC[C@H](C)N1C(=O)N1CC(O)CC1C(=O)O. The summed E-state index contributed by atoms with van der Waals surface area (Å²) in [4.78, 5) is 26.8. The van der Waals surface area contributed by atoms with Crippen molar-refractivity contribution in [3.8, 4) is 0 Å². The predicted molar refractivity (Wildman–Crippen MR) is 68.8 cm³/mol. The smallest absolute Gasteiger partial charge is 0.326 e. The molecule has 2 amide bonds. The highest BCUT2D eigenvalue weighted by Gasteiger charge is 2.42. The van der Waals surface area contributed by atoms with Crippen LogP contribution >= 0.6 is 0 Å². The Hall–Kier alpha value is -1.30. The van der Waals surface area contributed by atoms with E-state index in [1.54, 1.807) is 4.90 Å². The van der Waals surface area contributed by atoms with Crippen LogP contribution in [-0.2, 0) is 4.79 Å². The van der Waals surface area contributed by atoms with Gasteiger partial charge in [0, 0.05) is 25.0 Å². The number of carboxylic acid groups (broad SMARTS) is 1. The number of carbonyl (C=O) groups excluding carboxylic acids is 1. The lowest BCUT2D eigenvalue weighted by molar-refractivity contribution is -0.141. The fourth-order valence-corrected chi connectivity index (χ4v) is 3.21. The van der Waals surface area contributed by atoms with E-state index < -0.39 is 18.1 Å². The summed E-state index contributed by atoms with van der Waals surface area (Å²) in [7, 11) is 0. The normalized spacial score (nSPS) is 35.5. The molecule has 2 unspecified atom stereocenters. The van der Waals surface area contributed by atoms with Crippen molar-refractivity contribution in [1.82, 2.24) is 9.80 Å². The lowest BCUT2D eigenvalue weighted by Gasteiger charge is -2.41. The first-order chi connectivity index (χ1) is 8.91. The number of urea groups is 1. The molecule has 2 fully saturated rings. The van der Waals surface area contributed by atoms with E-state index in [0.29, 0.717) is 0 Å². The van der Waals surface area contributed by atoms with Crippen LogP contribution in [0.2, 0.25) is 0 Å². The monoisotopic (exact) mass is 270 g/mol. The number of likely N-dealkylation sites (tertiary alicyclic amines) is 2. The number of nitrogens with zero attached hydrogens (tertiary/aromatic N) is 2. The second-order valence-corrected chi connectivity index (χ2v) is 5.71. The number of amides is 2. The van der Waals surface area contributed by atoms with Crippen molar-refractivity contribution in [3.63, 3.8) is 0 Å². The van der Waals surface area contributed by atoms with Gasteiger partial charge in [0.25, 0.3) is 0 Å². The molecule has 2 aliphatic rings. The molecule has 19 heavy (non-hydrogen) atoms. The molecule has 0 saturated carbocycles. The van der Waals surface area contributed by atoms with Crippen LogP contribution in [0.1, 0.15) is 39.5 Å². The van der Waals surface area contributed by atoms with Gasteiger partial charge in [0.15, 0.2) is 0 Å². The molecule has 6 nitrogen and oxygen atoms in total. The molecule has 2 N–H and O–H groups in total. The average Bonchev–Trinajstić information content (AvgIpc) is 2.71. The van der Waals surface area contributed by atoms with Gasteiger partial charge in [-0.1, -0.05) is 0 Å². The van der Waals surface area contributed by atoms with Gasteiger partial charge in [-0.15, -0.1) is 0 Å². The summed E-state index contributed by atoms with van der Waals surface area (Å²) in [5, 5.41) is 18.8. The van der Waals surface area contributed by atoms with Gasteiger partial charge in [0.1, 0.15) is 6.04 Å². The Balaban J connectivity index is 2.15. The molecule has 2 aliphatic heterocycles. The third kappa shape index (κ3) is 2.68. The minimum absolute atomic E-state index is 0.117. The van der Waals surface area contributed by atoms with E-state index in [2.05, 4.69) is 0 Å². The summed E-state index contributed by atoms with van der Waals surface area (Å²) < 4.78 is 0. The van der Waals surface area contributed by atoms with Gasteiger partial charge in [-0.3, -0.25) is 0 Å². The van der Waals surface area contributed by atoms with E-state index in [4.69, 9.17) is 5.11 Å². The highest BCUT2D eigenvalue weighted by atomic mass is 16.4. The second-order valence-electron chi connectivity index (χ2n) is 5.71. The summed E-state index contributed by atoms with van der Waals surface area (Å²) in [6.45, 7) is 4.11. The molecule has 4 atom stereocenters. The van der Waals surface area contributed by atoms with Crippen molar-refractivity contribution in [2.45, 2.75) is 63.8 Å². The second kappa shape index (κ2) is 5.36. The Morgan fingerprint density at radius 2 is 1.74 bits per heavy atom. The van der Waals surface area contributed by atoms with E-state index >= 15 is 0 Å². The molecule has 2 heterocycles. The molecule has 0 spiro atoms. The van der Waals surface area contributed by atoms with Crippen LogP contribution in [0.4, 0.5) is 4.79 Å².